The molecule has 0 N–H and O–H groups in total. The monoisotopic (exact) mass is 293 g/mol. The Kier molecular flexibility index (Phi) is 3.07. The Labute approximate surface area is 120 Å². The highest BCUT2D eigenvalue weighted by atomic mass is 32.1. The smallest absolute Gasteiger partial charge is 0.258 e. The lowest BCUT2D eigenvalue weighted by Gasteiger charge is -2.21. The van der Waals surface area contributed by atoms with E-state index in [2.05, 4.69) is 15.0 Å². The maximum absolute atomic E-state index is 5.71. The molecule has 106 valence electrons. The largest absolute Gasteiger partial charge is 0.346 e. The predicted molar refractivity (Wildman–Crippen MR) is 72.1 cm³/mol. The SMILES string of the molecule is c1cc(-c2nc(CN3CCC4(C3)OCCO4)no2)cs1. The first-order chi connectivity index (χ1) is 9.83. The van der Waals surface area contributed by atoms with E-state index in [1.54, 1.807) is 11.3 Å². The molecule has 2 aromatic heterocycles. The van der Waals surface area contributed by atoms with Crippen molar-refractivity contribution in [2.45, 2.75) is 18.8 Å². The summed E-state index contributed by atoms with van der Waals surface area (Å²) in [5.41, 5.74) is 0.981. The molecule has 2 aromatic rings. The molecule has 0 radical (unpaired) electrons. The van der Waals surface area contributed by atoms with Crippen LogP contribution in [0.15, 0.2) is 21.3 Å². The van der Waals surface area contributed by atoms with E-state index in [0.29, 0.717) is 31.5 Å². The fourth-order valence-corrected chi connectivity index (χ4v) is 3.35. The minimum absolute atomic E-state index is 0.389. The first-order valence-corrected chi connectivity index (χ1v) is 7.63. The van der Waals surface area contributed by atoms with E-state index < -0.39 is 0 Å². The highest BCUT2D eigenvalue weighted by Crippen LogP contribution is 2.31. The third-order valence-corrected chi connectivity index (χ3v) is 4.37. The fraction of sp³-hybridized carbons (Fsp3) is 0.538. The topological polar surface area (TPSA) is 60.6 Å². The highest BCUT2D eigenvalue weighted by molar-refractivity contribution is 7.08. The van der Waals surface area contributed by atoms with Crippen LogP contribution in [-0.4, -0.2) is 47.1 Å². The van der Waals surface area contributed by atoms with Crippen molar-refractivity contribution in [2.75, 3.05) is 26.3 Å². The van der Waals surface area contributed by atoms with Gasteiger partial charge in [0.15, 0.2) is 11.6 Å². The number of nitrogens with zero attached hydrogens (tertiary/aromatic N) is 3. The molecule has 2 saturated heterocycles. The van der Waals surface area contributed by atoms with Crippen LogP contribution in [0.3, 0.4) is 0 Å². The van der Waals surface area contributed by atoms with Gasteiger partial charge in [-0.05, 0) is 11.4 Å². The van der Waals surface area contributed by atoms with Crippen molar-refractivity contribution in [1.82, 2.24) is 15.0 Å². The van der Waals surface area contributed by atoms with Gasteiger partial charge in [-0.25, -0.2) is 0 Å². The van der Waals surface area contributed by atoms with E-state index in [1.807, 2.05) is 16.8 Å². The molecule has 4 heterocycles. The van der Waals surface area contributed by atoms with Gasteiger partial charge >= 0.3 is 0 Å². The molecule has 0 atom stereocenters. The van der Waals surface area contributed by atoms with Crippen LogP contribution in [0.5, 0.6) is 0 Å². The fourth-order valence-electron chi connectivity index (χ4n) is 2.72. The summed E-state index contributed by atoms with van der Waals surface area (Å²) >= 11 is 1.62. The Morgan fingerprint density at radius 1 is 1.35 bits per heavy atom. The van der Waals surface area contributed by atoms with E-state index in [4.69, 9.17) is 14.0 Å². The first-order valence-electron chi connectivity index (χ1n) is 6.68. The lowest BCUT2D eigenvalue weighted by molar-refractivity contribution is -0.145. The van der Waals surface area contributed by atoms with Gasteiger partial charge in [-0.2, -0.15) is 16.3 Å². The standard InChI is InChI=1S/C13H15N3O3S/c1-6-20-8-10(1)12-14-11(15-19-12)7-16-3-2-13(9-16)17-4-5-18-13/h1,6,8H,2-5,7,9H2. The molecular formula is C13H15N3O3S. The Morgan fingerprint density at radius 3 is 3.05 bits per heavy atom. The maximum atomic E-state index is 5.71. The molecule has 0 bridgehead atoms. The van der Waals surface area contributed by atoms with Gasteiger partial charge in [0.1, 0.15) is 0 Å². The number of hydrogen-bond acceptors (Lipinski definition) is 7. The van der Waals surface area contributed by atoms with Crippen LogP contribution in [0.4, 0.5) is 0 Å². The molecular weight excluding hydrogens is 278 g/mol. The molecule has 1 spiro atoms. The van der Waals surface area contributed by atoms with Crippen molar-refractivity contribution in [3.05, 3.63) is 22.7 Å². The molecule has 0 aliphatic carbocycles. The summed E-state index contributed by atoms with van der Waals surface area (Å²) in [4.78, 5) is 6.68. The lowest BCUT2D eigenvalue weighted by atomic mass is 10.2. The number of ether oxygens (including phenoxy) is 2. The zero-order chi connectivity index (χ0) is 13.4. The summed E-state index contributed by atoms with van der Waals surface area (Å²) in [5, 5.41) is 8.05. The van der Waals surface area contributed by atoms with Gasteiger partial charge in [-0.1, -0.05) is 5.16 Å². The van der Waals surface area contributed by atoms with Gasteiger partial charge in [0.2, 0.25) is 0 Å². The highest BCUT2D eigenvalue weighted by Gasteiger charge is 2.43. The third-order valence-electron chi connectivity index (χ3n) is 3.69. The Balaban J connectivity index is 1.43. The van der Waals surface area contributed by atoms with Crippen molar-refractivity contribution in [3.63, 3.8) is 0 Å². The summed E-state index contributed by atoms with van der Waals surface area (Å²) in [6.07, 6.45) is 0.905. The van der Waals surface area contributed by atoms with Gasteiger partial charge in [0.25, 0.3) is 5.89 Å². The van der Waals surface area contributed by atoms with Crippen LogP contribution >= 0.6 is 11.3 Å². The Hall–Kier alpha value is -1.28. The number of rotatable bonds is 3. The molecule has 0 unspecified atom stereocenters. The molecule has 7 heteroatoms. The molecule has 0 saturated carbocycles. The van der Waals surface area contributed by atoms with Crippen molar-refractivity contribution in [2.24, 2.45) is 0 Å². The first kappa shape index (κ1) is 12.5. The second-order valence-electron chi connectivity index (χ2n) is 5.10. The van der Waals surface area contributed by atoms with E-state index in [-0.39, 0.29) is 5.79 Å². The molecule has 2 fully saturated rings. The molecule has 6 nitrogen and oxygen atoms in total. The van der Waals surface area contributed by atoms with Crippen LogP contribution in [0.2, 0.25) is 0 Å². The summed E-state index contributed by atoms with van der Waals surface area (Å²) in [6.45, 7) is 3.76. The van der Waals surface area contributed by atoms with Crippen molar-refractivity contribution >= 4 is 11.3 Å². The van der Waals surface area contributed by atoms with Crippen LogP contribution < -0.4 is 0 Å². The average molecular weight is 293 g/mol. The van der Waals surface area contributed by atoms with Crippen molar-refractivity contribution in [1.29, 1.82) is 0 Å². The van der Waals surface area contributed by atoms with Gasteiger partial charge in [-0.15, -0.1) is 0 Å². The summed E-state index contributed by atoms with van der Waals surface area (Å²) in [7, 11) is 0. The van der Waals surface area contributed by atoms with Crippen LogP contribution in [0.1, 0.15) is 12.2 Å². The second-order valence-corrected chi connectivity index (χ2v) is 5.88. The molecule has 2 aliphatic heterocycles. The molecule has 2 aliphatic rings. The van der Waals surface area contributed by atoms with E-state index in [9.17, 15) is 0 Å². The second kappa shape index (κ2) is 4.92. The van der Waals surface area contributed by atoms with Gasteiger partial charge < -0.3 is 14.0 Å². The zero-order valence-electron chi connectivity index (χ0n) is 10.9. The number of hydrogen-bond donors (Lipinski definition) is 0. The number of thiophene rings is 1. The van der Waals surface area contributed by atoms with E-state index >= 15 is 0 Å². The van der Waals surface area contributed by atoms with E-state index in [0.717, 1.165) is 25.1 Å². The minimum Gasteiger partial charge on any atom is -0.346 e. The summed E-state index contributed by atoms with van der Waals surface area (Å²) in [6, 6.07) is 1.98. The summed E-state index contributed by atoms with van der Waals surface area (Å²) < 4.78 is 16.7. The van der Waals surface area contributed by atoms with Gasteiger partial charge in [0.05, 0.1) is 31.9 Å². The lowest BCUT2D eigenvalue weighted by Crippen LogP contribution is -2.34. The van der Waals surface area contributed by atoms with Gasteiger partial charge in [-0.3, -0.25) is 4.90 Å². The normalized spacial score (nSPS) is 22.0. The van der Waals surface area contributed by atoms with Gasteiger partial charge in [0, 0.05) is 18.3 Å². The number of aromatic nitrogens is 2. The third kappa shape index (κ3) is 2.26. The van der Waals surface area contributed by atoms with Crippen LogP contribution in [0, 0.1) is 0 Å². The summed E-state index contributed by atoms with van der Waals surface area (Å²) in [5.74, 6) is 0.907. The van der Waals surface area contributed by atoms with E-state index in [1.165, 1.54) is 0 Å². The zero-order valence-corrected chi connectivity index (χ0v) is 11.8. The molecule has 4 rings (SSSR count). The quantitative estimate of drug-likeness (QED) is 0.859. The van der Waals surface area contributed by atoms with Crippen LogP contribution in [0.25, 0.3) is 11.5 Å². The Bertz CT molecular complexity index is 577. The predicted octanol–water partition coefficient (Wildman–Crippen LogP) is 1.75. The minimum atomic E-state index is -0.389. The molecule has 0 aromatic carbocycles. The average Bonchev–Trinajstić information content (AvgIpc) is 3.21. The molecule has 20 heavy (non-hydrogen) atoms. The van der Waals surface area contributed by atoms with Crippen molar-refractivity contribution in [3.8, 4) is 11.5 Å². The van der Waals surface area contributed by atoms with Crippen molar-refractivity contribution < 1.29 is 14.0 Å². The molecule has 0 amide bonds. The van der Waals surface area contributed by atoms with Crippen LogP contribution in [-0.2, 0) is 16.0 Å². The number of likely N-dealkylation sites (tertiary alicyclic amines) is 1. The maximum Gasteiger partial charge on any atom is 0.258 e. The Morgan fingerprint density at radius 2 is 2.25 bits per heavy atom.